The van der Waals surface area contributed by atoms with E-state index in [0.29, 0.717) is 6.42 Å². The molecule has 0 radical (unpaired) electrons. The third-order valence-electron chi connectivity index (χ3n) is 17.0. The van der Waals surface area contributed by atoms with Crippen molar-refractivity contribution in [3.8, 4) is 0 Å². The van der Waals surface area contributed by atoms with Gasteiger partial charge in [0.1, 0.15) is 66.5 Å². The molecular formula is C63H113N11O13. The van der Waals surface area contributed by atoms with Crippen LogP contribution in [0.4, 0.5) is 0 Å². The van der Waals surface area contributed by atoms with Gasteiger partial charge < -0.3 is 65.8 Å². The van der Waals surface area contributed by atoms with Crippen LogP contribution in [-0.4, -0.2) is 238 Å². The maximum Gasteiger partial charge on any atom is 0.248 e. The topological polar surface area (TPSA) is 299 Å². The van der Waals surface area contributed by atoms with E-state index in [2.05, 4.69) is 21.3 Å². The second-order valence-corrected chi connectivity index (χ2v) is 26.2. The molecule has 0 saturated carbocycles. The van der Waals surface area contributed by atoms with Gasteiger partial charge in [-0.25, -0.2) is 0 Å². The van der Waals surface area contributed by atoms with Crippen LogP contribution in [0.2, 0.25) is 0 Å². The summed E-state index contributed by atoms with van der Waals surface area (Å²) in [6.07, 6.45) is 3.00. The Balaban J connectivity index is 4.42. The smallest absolute Gasteiger partial charge is 0.248 e. The van der Waals surface area contributed by atoms with Crippen molar-refractivity contribution in [2.45, 2.75) is 229 Å². The summed E-state index contributed by atoms with van der Waals surface area (Å²) in [4.78, 5) is 169. The molecular weight excluding hydrogens is 1120 g/mol. The average molecular weight is 1230 g/mol. The largest absolute Gasteiger partial charge is 0.394 e. The summed E-state index contributed by atoms with van der Waals surface area (Å²) in [5, 5.41) is 33.9. The number of hydrogen-bond donors (Lipinski definition) is 6. The van der Waals surface area contributed by atoms with Crippen LogP contribution >= 0.6 is 0 Å². The van der Waals surface area contributed by atoms with Crippen molar-refractivity contribution in [3.63, 3.8) is 0 Å². The Morgan fingerprint density at radius 2 is 0.862 bits per heavy atom. The molecule has 0 aromatic rings. The normalized spacial score (nSPS) is 27.7. The van der Waals surface area contributed by atoms with E-state index < -0.39 is 168 Å². The van der Waals surface area contributed by atoms with E-state index in [-0.39, 0.29) is 49.9 Å². The monoisotopic (exact) mass is 1230 g/mol. The van der Waals surface area contributed by atoms with Crippen molar-refractivity contribution in [2.24, 2.45) is 41.4 Å². The van der Waals surface area contributed by atoms with Crippen LogP contribution in [-0.2, 0) is 52.7 Å². The first-order chi connectivity index (χ1) is 40.2. The zero-order chi connectivity index (χ0) is 67.6. The van der Waals surface area contributed by atoms with Crippen LogP contribution in [0.15, 0.2) is 12.2 Å². The molecule has 1 heterocycles. The van der Waals surface area contributed by atoms with Gasteiger partial charge in [0.25, 0.3) is 0 Å². The number of amides is 11. The number of allylic oxidation sites excluding steroid dienone is 2. The Hall–Kier alpha value is -6.17. The Kier molecular flexibility index (Phi) is 32.4. The van der Waals surface area contributed by atoms with Crippen LogP contribution in [0.1, 0.15) is 156 Å². The van der Waals surface area contributed by atoms with Gasteiger partial charge in [-0.15, -0.1) is 0 Å². The number of aliphatic hydroxyl groups excluding tert-OH is 2. The quantitative estimate of drug-likeness (QED) is 0.121. The van der Waals surface area contributed by atoms with Gasteiger partial charge in [-0.05, 0) is 94.3 Å². The minimum atomic E-state index is -1.67. The molecule has 0 aromatic carbocycles. The molecule has 24 nitrogen and oxygen atoms in total. The summed E-state index contributed by atoms with van der Waals surface area (Å²) in [6.45, 7) is 28.5. The maximum absolute atomic E-state index is 15.2. The third-order valence-corrected chi connectivity index (χ3v) is 17.0. The van der Waals surface area contributed by atoms with Gasteiger partial charge in [0.15, 0.2) is 0 Å². The van der Waals surface area contributed by atoms with E-state index in [4.69, 9.17) is 0 Å². The fourth-order valence-electron chi connectivity index (χ4n) is 11.1. The number of aliphatic hydroxyl groups is 2. The molecule has 0 spiro atoms. The van der Waals surface area contributed by atoms with E-state index in [0.717, 1.165) is 14.7 Å². The molecule has 1 aliphatic heterocycles. The lowest BCUT2D eigenvalue weighted by molar-refractivity contribution is -0.157. The van der Waals surface area contributed by atoms with E-state index in [1.807, 2.05) is 41.5 Å². The predicted molar refractivity (Wildman–Crippen MR) is 334 cm³/mol. The molecule has 1 fully saturated rings. The van der Waals surface area contributed by atoms with E-state index in [9.17, 15) is 53.4 Å². The molecule has 0 aromatic heterocycles. The molecule has 1 unspecified atom stereocenters. The molecule has 87 heavy (non-hydrogen) atoms. The van der Waals surface area contributed by atoms with Gasteiger partial charge in [0.2, 0.25) is 65.0 Å². The number of rotatable bonds is 16. The van der Waals surface area contributed by atoms with Gasteiger partial charge in [0, 0.05) is 49.3 Å². The van der Waals surface area contributed by atoms with Crippen molar-refractivity contribution in [2.75, 3.05) is 55.9 Å². The Morgan fingerprint density at radius 1 is 0.448 bits per heavy atom. The first-order valence-corrected chi connectivity index (χ1v) is 31.2. The lowest BCUT2D eigenvalue weighted by Crippen LogP contribution is -2.64. The highest BCUT2D eigenvalue weighted by molar-refractivity contribution is 6.00. The third kappa shape index (κ3) is 21.0. The molecule has 1 aliphatic rings. The summed E-state index contributed by atoms with van der Waals surface area (Å²) in [6, 6.07) is -14.4. The molecule has 498 valence electrons. The second-order valence-electron chi connectivity index (χ2n) is 26.2. The van der Waals surface area contributed by atoms with Crippen molar-refractivity contribution >= 4 is 65.0 Å². The van der Waals surface area contributed by atoms with Crippen molar-refractivity contribution in [1.29, 1.82) is 0 Å². The number of likely N-dealkylation sites (N-methyl/N-ethyl adjacent to an activating group) is 7. The van der Waals surface area contributed by atoms with E-state index >= 15 is 9.59 Å². The standard InChI is InChI=1S/C63H113N11O13/c1-25-28-29-40(15)52(76)51-56(80)66-43(27-3)58(82)71(21)47(33-75)61(85)73(23)50(39(14)26-2)55(79)67-48(37(10)11)62(86)68(18)44(30-34(4)5)54(78)64-41(16)53(77)65-42(17)57(81)69(19)45(31-35(6)7)59(83)70(20)46(32-36(8)9)60(84)72(22)49(38(12)13)63(87)74(51)24/h25,28,34-52,75-76H,26-27,29-33H2,1-24H3,(H,64,78)(H,65,77)(H,66,80)(H,67,79)/t39?,40-,41+,42-,43+,44+,45+,46+,47-,48+,49+,50+,51+,52-/m1/s1. The fourth-order valence-corrected chi connectivity index (χ4v) is 11.1. The number of carbonyl (C=O) groups is 11. The van der Waals surface area contributed by atoms with Crippen molar-refractivity contribution in [3.05, 3.63) is 12.2 Å². The molecule has 0 aliphatic carbocycles. The van der Waals surface area contributed by atoms with Crippen molar-refractivity contribution < 1.29 is 63.0 Å². The van der Waals surface area contributed by atoms with Gasteiger partial charge in [-0.2, -0.15) is 0 Å². The van der Waals surface area contributed by atoms with Crippen LogP contribution in [0, 0.1) is 41.4 Å². The average Bonchev–Trinajstić information content (AvgIpc) is 1.27. The predicted octanol–water partition coefficient (Wildman–Crippen LogP) is 2.63. The molecule has 24 heteroatoms. The van der Waals surface area contributed by atoms with Gasteiger partial charge in [-0.3, -0.25) is 52.7 Å². The lowest BCUT2D eigenvalue weighted by atomic mass is 9.91. The lowest BCUT2D eigenvalue weighted by Gasteiger charge is -2.41. The van der Waals surface area contributed by atoms with Crippen LogP contribution in [0.3, 0.4) is 0 Å². The van der Waals surface area contributed by atoms with Crippen molar-refractivity contribution in [1.82, 2.24) is 55.6 Å². The first kappa shape index (κ1) is 78.8. The highest BCUT2D eigenvalue weighted by Crippen LogP contribution is 2.26. The summed E-state index contributed by atoms with van der Waals surface area (Å²) in [7, 11) is 9.65. The number of nitrogens with one attached hydrogen (secondary N) is 4. The molecule has 11 amide bonds. The minimum absolute atomic E-state index is 0.0628. The van der Waals surface area contributed by atoms with Gasteiger partial charge >= 0.3 is 0 Å². The Morgan fingerprint density at radius 3 is 1.31 bits per heavy atom. The Bertz CT molecular complexity index is 2380. The summed E-state index contributed by atoms with van der Waals surface area (Å²) < 4.78 is 0. The zero-order valence-electron chi connectivity index (χ0n) is 57.1. The summed E-state index contributed by atoms with van der Waals surface area (Å²) in [5.41, 5.74) is 0. The SMILES string of the molecule is CC=CC[C@@H](C)[C@@H](O)[C@H]1C(=O)N[C@@H](CC)C(=O)N(C)[C@H](CO)C(=O)N(C)[C@@H](C(C)CC)C(=O)N[C@@H](C(C)C)C(=O)N(C)[C@@H](CC(C)C)C(=O)N[C@@H](C)C(=O)N[C@H](C)C(=O)N(C)[C@@H](CC(C)C)C(=O)N(C)[C@@H](CC(C)C)C(=O)N(C)[C@@H](C(C)C)C(=O)N1C. The zero-order valence-corrected chi connectivity index (χ0v) is 57.1. The molecule has 14 atom stereocenters. The molecule has 0 bridgehead atoms. The van der Waals surface area contributed by atoms with Crippen LogP contribution in [0.5, 0.6) is 0 Å². The molecule has 1 rings (SSSR count). The molecule has 1 saturated heterocycles. The highest BCUT2D eigenvalue weighted by Gasteiger charge is 2.46. The highest BCUT2D eigenvalue weighted by atomic mass is 16.3. The summed E-state index contributed by atoms with van der Waals surface area (Å²) in [5.74, 6) is -10.9. The first-order valence-electron chi connectivity index (χ1n) is 31.2. The van der Waals surface area contributed by atoms with Gasteiger partial charge in [0.05, 0.1) is 12.7 Å². The van der Waals surface area contributed by atoms with Crippen LogP contribution in [0.25, 0.3) is 0 Å². The molecule has 6 N–H and O–H groups in total. The van der Waals surface area contributed by atoms with E-state index in [1.165, 1.54) is 82.8 Å². The Labute approximate surface area is 520 Å². The summed E-state index contributed by atoms with van der Waals surface area (Å²) >= 11 is 0. The number of hydrogen-bond acceptors (Lipinski definition) is 13. The second kappa shape index (κ2) is 35.7. The minimum Gasteiger partial charge on any atom is -0.394 e. The maximum atomic E-state index is 15.2. The van der Waals surface area contributed by atoms with Gasteiger partial charge in [-0.1, -0.05) is 116 Å². The number of nitrogens with zero attached hydrogens (tertiary/aromatic N) is 7. The van der Waals surface area contributed by atoms with Crippen LogP contribution < -0.4 is 21.3 Å². The van der Waals surface area contributed by atoms with E-state index in [1.54, 1.807) is 74.5 Å². The number of carbonyl (C=O) groups excluding carboxylic acids is 11. The fraction of sp³-hybridized carbons (Fsp3) is 0.794.